The highest BCUT2D eigenvalue weighted by molar-refractivity contribution is 5.94. The van der Waals surface area contributed by atoms with Gasteiger partial charge in [-0.3, -0.25) is 9.59 Å². The Bertz CT molecular complexity index is 564. The standard InChI is InChI=1S/C19H29NO3/c1-6-8-17(21)20(12-7-11-19(4,5)18(22)23)16-13-14(2)9-10-15(16)3/h9-10,13H,6-8,11-12H2,1-5H3,(H,22,23). The van der Waals surface area contributed by atoms with E-state index < -0.39 is 11.4 Å². The lowest BCUT2D eigenvalue weighted by atomic mass is 9.88. The molecule has 0 bridgehead atoms. The molecule has 1 rings (SSSR count). The zero-order valence-corrected chi connectivity index (χ0v) is 15.0. The molecule has 0 heterocycles. The maximum atomic E-state index is 12.5. The molecule has 0 saturated carbocycles. The van der Waals surface area contributed by atoms with Gasteiger partial charge in [0.15, 0.2) is 0 Å². The van der Waals surface area contributed by atoms with Gasteiger partial charge in [-0.2, -0.15) is 0 Å². The number of carboxylic acids is 1. The number of anilines is 1. The summed E-state index contributed by atoms with van der Waals surface area (Å²) in [5, 5.41) is 9.22. The molecule has 1 aromatic rings. The summed E-state index contributed by atoms with van der Waals surface area (Å²) >= 11 is 0. The Morgan fingerprint density at radius 2 is 1.87 bits per heavy atom. The molecule has 23 heavy (non-hydrogen) atoms. The molecular formula is C19H29NO3. The van der Waals surface area contributed by atoms with Crippen molar-refractivity contribution in [3.05, 3.63) is 29.3 Å². The third-order valence-electron chi connectivity index (χ3n) is 4.18. The first-order chi connectivity index (χ1) is 10.7. The summed E-state index contributed by atoms with van der Waals surface area (Å²) < 4.78 is 0. The van der Waals surface area contributed by atoms with Crippen LogP contribution in [-0.4, -0.2) is 23.5 Å². The highest BCUT2D eigenvalue weighted by Crippen LogP contribution is 2.26. The molecule has 0 atom stereocenters. The van der Waals surface area contributed by atoms with Crippen LogP contribution in [0.25, 0.3) is 0 Å². The van der Waals surface area contributed by atoms with Crippen LogP contribution in [0.4, 0.5) is 5.69 Å². The minimum atomic E-state index is -0.796. The average molecular weight is 319 g/mol. The number of amides is 1. The lowest BCUT2D eigenvalue weighted by molar-refractivity contribution is -0.147. The summed E-state index contributed by atoms with van der Waals surface area (Å²) in [6.45, 7) is 10.0. The van der Waals surface area contributed by atoms with Crippen LogP contribution in [0.5, 0.6) is 0 Å². The van der Waals surface area contributed by atoms with E-state index in [0.717, 1.165) is 23.2 Å². The molecule has 0 aliphatic carbocycles. The monoisotopic (exact) mass is 319 g/mol. The normalized spacial score (nSPS) is 11.3. The molecule has 0 spiro atoms. The van der Waals surface area contributed by atoms with Gasteiger partial charge in [-0.25, -0.2) is 0 Å². The molecule has 0 aliphatic heterocycles. The third-order valence-corrected chi connectivity index (χ3v) is 4.18. The van der Waals surface area contributed by atoms with Crippen molar-refractivity contribution in [1.82, 2.24) is 0 Å². The average Bonchev–Trinajstić information content (AvgIpc) is 2.46. The van der Waals surface area contributed by atoms with Crippen molar-refractivity contribution in [1.29, 1.82) is 0 Å². The van der Waals surface area contributed by atoms with Crippen molar-refractivity contribution in [2.45, 2.75) is 60.3 Å². The summed E-state index contributed by atoms with van der Waals surface area (Å²) in [5.41, 5.74) is 2.36. The fraction of sp³-hybridized carbons (Fsp3) is 0.579. The zero-order chi connectivity index (χ0) is 17.6. The van der Waals surface area contributed by atoms with E-state index >= 15 is 0 Å². The fourth-order valence-electron chi connectivity index (χ4n) is 2.52. The number of benzene rings is 1. The molecule has 4 heteroatoms. The van der Waals surface area contributed by atoms with Crippen molar-refractivity contribution in [2.75, 3.05) is 11.4 Å². The molecule has 0 radical (unpaired) electrons. The van der Waals surface area contributed by atoms with E-state index in [0.29, 0.717) is 25.8 Å². The summed E-state index contributed by atoms with van der Waals surface area (Å²) in [6.07, 6.45) is 2.53. The summed E-state index contributed by atoms with van der Waals surface area (Å²) in [4.78, 5) is 25.6. The predicted molar refractivity (Wildman–Crippen MR) is 93.8 cm³/mol. The van der Waals surface area contributed by atoms with E-state index in [1.165, 1.54) is 0 Å². The van der Waals surface area contributed by atoms with Crippen LogP contribution in [0.2, 0.25) is 0 Å². The van der Waals surface area contributed by atoms with E-state index in [9.17, 15) is 14.7 Å². The van der Waals surface area contributed by atoms with Crippen molar-refractivity contribution in [3.8, 4) is 0 Å². The van der Waals surface area contributed by atoms with Crippen LogP contribution in [0.15, 0.2) is 18.2 Å². The number of carbonyl (C=O) groups excluding carboxylic acids is 1. The first-order valence-corrected chi connectivity index (χ1v) is 8.30. The van der Waals surface area contributed by atoms with Gasteiger partial charge in [-0.1, -0.05) is 19.1 Å². The van der Waals surface area contributed by atoms with Crippen LogP contribution in [-0.2, 0) is 9.59 Å². The summed E-state index contributed by atoms with van der Waals surface area (Å²) in [7, 11) is 0. The molecule has 1 N–H and O–H groups in total. The topological polar surface area (TPSA) is 57.6 Å². The summed E-state index contributed by atoms with van der Waals surface area (Å²) in [6, 6.07) is 6.10. The van der Waals surface area contributed by atoms with Crippen LogP contribution < -0.4 is 4.90 Å². The Labute approximate surface area is 139 Å². The molecule has 0 fully saturated rings. The Morgan fingerprint density at radius 1 is 1.22 bits per heavy atom. The highest BCUT2D eigenvalue weighted by Gasteiger charge is 2.27. The first-order valence-electron chi connectivity index (χ1n) is 8.30. The molecular weight excluding hydrogens is 290 g/mol. The molecule has 1 amide bonds. The van der Waals surface area contributed by atoms with Crippen molar-refractivity contribution >= 4 is 17.6 Å². The second-order valence-corrected chi connectivity index (χ2v) is 6.88. The van der Waals surface area contributed by atoms with Gasteiger partial charge in [-0.05, 0) is 64.2 Å². The molecule has 0 unspecified atom stereocenters. The molecule has 4 nitrogen and oxygen atoms in total. The smallest absolute Gasteiger partial charge is 0.309 e. The van der Waals surface area contributed by atoms with Gasteiger partial charge in [0.05, 0.1) is 5.41 Å². The van der Waals surface area contributed by atoms with Gasteiger partial charge in [0, 0.05) is 18.7 Å². The Balaban J connectivity index is 2.92. The van der Waals surface area contributed by atoms with E-state index in [2.05, 4.69) is 0 Å². The second-order valence-electron chi connectivity index (χ2n) is 6.88. The number of nitrogens with zero attached hydrogens (tertiary/aromatic N) is 1. The quantitative estimate of drug-likeness (QED) is 0.776. The van der Waals surface area contributed by atoms with Crippen LogP contribution in [0.1, 0.15) is 57.6 Å². The van der Waals surface area contributed by atoms with Crippen LogP contribution >= 0.6 is 0 Å². The van der Waals surface area contributed by atoms with E-state index in [-0.39, 0.29) is 5.91 Å². The Morgan fingerprint density at radius 3 is 2.43 bits per heavy atom. The maximum Gasteiger partial charge on any atom is 0.309 e. The van der Waals surface area contributed by atoms with Crippen molar-refractivity contribution < 1.29 is 14.7 Å². The van der Waals surface area contributed by atoms with Gasteiger partial charge < -0.3 is 10.0 Å². The number of hydrogen-bond acceptors (Lipinski definition) is 2. The van der Waals surface area contributed by atoms with Gasteiger partial charge in [-0.15, -0.1) is 0 Å². The number of carbonyl (C=O) groups is 2. The lowest BCUT2D eigenvalue weighted by Gasteiger charge is -2.27. The minimum absolute atomic E-state index is 0.106. The SMILES string of the molecule is CCCC(=O)N(CCCC(C)(C)C(=O)O)c1cc(C)ccc1C. The molecule has 0 aromatic heterocycles. The van der Waals surface area contributed by atoms with Gasteiger partial charge in [0.1, 0.15) is 0 Å². The number of aryl methyl sites for hydroxylation is 2. The first kappa shape index (κ1) is 19.2. The van der Waals surface area contributed by atoms with E-state index in [4.69, 9.17) is 0 Å². The van der Waals surface area contributed by atoms with Crippen LogP contribution in [0, 0.1) is 19.3 Å². The second kappa shape index (κ2) is 8.14. The predicted octanol–water partition coefficient (Wildman–Crippen LogP) is 4.33. The number of hydrogen-bond donors (Lipinski definition) is 1. The van der Waals surface area contributed by atoms with Crippen molar-refractivity contribution in [2.24, 2.45) is 5.41 Å². The number of rotatable bonds is 8. The number of aliphatic carboxylic acids is 1. The third kappa shape index (κ3) is 5.38. The minimum Gasteiger partial charge on any atom is -0.481 e. The maximum absolute atomic E-state index is 12.5. The largest absolute Gasteiger partial charge is 0.481 e. The highest BCUT2D eigenvalue weighted by atomic mass is 16.4. The number of carboxylic acid groups (broad SMARTS) is 1. The molecule has 0 saturated heterocycles. The van der Waals surface area contributed by atoms with E-state index in [1.807, 2.05) is 43.9 Å². The van der Waals surface area contributed by atoms with Gasteiger partial charge in [0.2, 0.25) is 5.91 Å². The zero-order valence-electron chi connectivity index (χ0n) is 15.0. The summed E-state index contributed by atoms with van der Waals surface area (Å²) in [5.74, 6) is -0.690. The molecule has 1 aromatic carbocycles. The van der Waals surface area contributed by atoms with Gasteiger partial charge >= 0.3 is 5.97 Å². The molecule has 0 aliphatic rings. The fourth-order valence-corrected chi connectivity index (χ4v) is 2.52. The van der Waals surface area contributed by atoms with E-state index in [1.54, 1.807) is 13.8 Å². The Kier molecular flexibility index (Phi) is 6.79. The van der Waals surface area contributed by atoms with Crippen LogP contribution in [0.3, 0.4) is 0 Å². The molecule has 128 valence electrons. The van der Waals surface area contributed by atoms with Crippen molar-refractivity contribution in [3.63, 3.8) is 0 Å². The lowest BCUT2D eigenvalue weighted by Crippen LogP contribution is -2.33. The van der Waals surface area contributed by atoms with Gasteiger partial charge in [0.25, 0.3) is 0 Å². The Hall–Kier alpha value is -1.84.